The Morgan fingerprint density at radius 1 is 1.30 bits per heavy atom. The van der Waals surface area contributed by atoms with Crippen LogP contribution in [-0.2, 0) is 6.54 Å². The highest BCUT2D eigenvalue weighted by Gasteiger charge is 2.20. The lowest BCUT2D eigenvalue weighted by molar-refractivity contribution is 0.166. The summed E-state index contributed by atoms with van der Waals surface area (Å²) >= 11 is 0. The minimum absolute atomic E-state index is 0.452. The number of oxazole rings is 1. The summed E-state index contributed by atoms with van der Waals surface area (Å²) in [5.74, 6) is 3.56. The lowest BCUT2D eigenvalue weighted by Gasteiger charge is -2.30. The molecule has 0 spiro atoms. The van der Waals surface area contributed by atoms with E-state index >= 15 is 0 Å². The molecule has 146 valence electrons. The average molecular weight is 371 g/mol. The second kappa shape index (κ2) is 8.90. The van der Waals surface area contributed by atoms with Crippen molar-refractivity contribution < 1.29 is 9.15 Å². The van der Waals surface area contributed by atoms with Crippen LogP contribution in [0.5, 0.6) is 5.75 Å². The largest absolute Gasteiger partial charge is 0.497 e. The Morgan fingerprint density at radius 2 is 2.00 bits per heavy atom. The number of aryl methyl sites for hydroxylation is 2. The van der Waals surface area contributed by atoms with Crippen LogP contribution < -0.4 is 15.8 Å². The summed E-state index contributed by atoms with van der Waals surface area (Å²) in [5, 5.41) is 3.12. The van der Waals surface area contributed by atoms with Crippen molar-refractivity contribution in [3.8, 4) is 5.75 Å². The van der Waals surface area contributed by atoms with Gasteiger partial charge in [0.15, 0.2) is 5.96 Å². The molecule has 3 N–H and O–H groups in total. The molecule has 7 heteroatoms. The van der Waals surface area contributed by atoms with E-state index in [1.165, 1.54) is 0 Å². The Hall–Kier alpha value is -2.54. The Balaban J connectivity index is 1.42. The summed E-state index contributed by atoms with van der Waals surface area (Å²) in [5.41, 5.74) is 7.90. The van der Waals surface area contributed by atoms with Gasteiger partial charge in [0, 0.05) is 12.2 Å². The van der Waals surface area contributed by atoms with Gasteiger partial charge in [0.05, 0.1) is 19.3 Å². The number of benzene rings is 1. The van der Waals surface area contributed by atoms with E-state index in [0.29, 0.717) is 11.9 Å². The fourth-order valence-corrected chi connectivity index (χ4v) is 3.21. The summed E-state index contributed by atoms with van der Waals surface area (Å²) in [4.78, 5) is 11.4. The maximum Gasteiger partial charge on any atom is 0.208 e. The molecule has 0 aliphatic carbocycles. The molecule has 1 aromatic heterocycles. The van der Waals surface area contributed by atoms with E-state index in [4.69, 9.17) is 14.9 Å². The van der Waals surface area contributed by atoms with Gasteiger partial charge in [-0.1, -0.05) is 0 Å². The summed E-state index contributed by atoms with van der Waals surface area (Å²) in [6.45, 7) is 7.54. The van der Waals surface area contributed by atoms with Crippen LogP contribution in [0.15, 0.2) is 33.7 Å². The zero-order valence-corrected chi connectivity index (χ0v) is 16.4. The van der Waals surface area contributed by atoms with Crippen LogP contribution in [0.25, 0.3) is 0 Å². The minimum atomic E-state index is 0.452. The number of aliphatic imine (C=N–C) groups is 1. The summed E-state index contributed by atoms with van der Waals surface area (Å²) in [6, 6.07) is 7.63. The van der Waals surface area contributed by atoms with E-state index in [1.54, 1.807) is 7.11 Å². The Morgan fingerprint density at radius 3 is 2.59 bits per heavy atom. The molecule has 7 nitrogen and oxygen atoms in total. The standard InChI is InChI=1S/C20H29N5O2/c1-14-15(2)27-19(23-14)13-25-10-8-16(9-11-25)12-22-20(21)24-17-4-6-18(26-3)7-5-17/h4-7,16H,8-13H2,1-3H3,(H3,21,22,24). The van der Waals surface area contributed by atoms with Gasteiger partial charge in [0.1, 0.15) is 11.5 Å². The fourth-order valence-electron chi connectivity index (χ4n) is 3.21. The van der Waals surface area contributed by atoms with Crippen molar-refractivity contribution in [2.24, 2.45) is 16.6 Å². The third-order valence-corrected chi connectivity index (χ3v) is 5.02. The first-order valence-electron chi connectivity index (χ1n) is 9.39. The number of methoxy groups -OCH3 is 1. The second-order valence-electron chi connectivity index (χ2n) is 7.05. The molecule has 0 amide bonds. The highest BCUT2D eigenvalue weighted by Crippen LogP contribution is 2.20. The van der Waals surface area contributed by atoms with Gasteiger partial charge >= 0.3 is 0 Å². The van der Waals surface area contributed by atoms with Crippen LogP contribution in [0, 0.1) is 19.8 Å². The molecular formula is C20H29N5O2. The molecule has 0 bridgehead atoms. The fraction of sp³-hybridized carbons (Fsp3) is 0.500. The molecular weight excluding hydrogens is 342 g/mol. The van der Waals surface area contributed by atoms with Crippen LogP contribution in [-0.4, -0.2) is 42.6 Å². The Kier molecular flexibility index (Phi) is 6.34. The van der Waals surface area contributed by atoms with E-state index < -0.39 is 0 Å². The first-order valence-corrected chi connectivity index (χ1v) is 9.39. The minimum Gasteiger partial charge on any atom is -0.497 e. The molecule has 0 radical (unpaired) electrons. The molecule has 1 fully saturated rings. The van der Waals surface area contributed by atoms with Gasteiger partial charge in [-0.3, -0.25) is 9.89 Å². The number of likely N-dealkylation sites (tertiary alicyclic amines) is 1. The molecule has 1 aliphatic rings. The molecule has 27 heavy (non-hydrogen) atoms. The molecule has 0 saturated carbocycles. The summed E-state index contributed by atoms with van der Waals surface area (Å²) in [6.07, 6.45) is 2.22. The van der Waals surface area contributed by atoms with E-state index in [0.717, 1.165) is 67.8 Å². The number of ether oxygens (including phenoxy) is 1. The van der Waals surface area contributed by atoms with E-state index in [1.807, 2.05) is 38.1 Å². The SMILES string of the molecule is COc1ccc(NC(N)=NCC2CCN(Cc3nc(C)c(C)o3)CC2)cc1. The van der Waals surface area contributed by atoms with Gasteiger partial charge in [0.25, 0.3) is 0 Å². The quantitative estimate of drug-likeness (QED) is 0.599. The smallest absolute Gasteiger partial charge is 0.208 e. The average Bonchev–Trinajstić information content (AvgIpc) is 2.99. The van der Waals surface area contributed by atoms with Crippen molar-refractivity contribution in [1.82, 2.24) is 9.88 Å². The van der Waals surface area contributed by atoms with E-state index in [-0.39, 0.29) is 0 Å². The molecule has 1 saturated heterocycles. The highest BCUT2D eigenvalue weighted by molar-refractivity contribution is 5.92. The zero-order chi connectivity index (χ0) is 19.2. The molecule has 1 aromatic carbocycles. The van der Waals surface area contributed by atoms with Crippen molar-refractivity contribution >= 4 is 11.6 Å². The van der Waals surface area contributed by atoms with Crippen molar-refractivity contribution in [1.29, 1.82) is 0 Å². The Labute approximate surface area is 160 Å². The lowest BCUT2D eigenvalue weighted by Crippen LogP contribution is -2.34. The van der Waals surface area contributed by atoms with Crippen molar-refractivity contribution in [3.63, 3.8) is 0 Å². The molecule has 1 aliphatic heterocycles. The van der Waals surface area contributed by atoms with Gasteiger partial charge in [-0.2, -0.15) is 0 Å². The normalized spacial score (nSPS) is 16.5. The number of anilines is 1. The summed E-state index contributed by atoms with van der Waals surface area (Å²) < 4.78 is 10.8. The molecule has 0 atom stereocenters. The monoisotopic (exact) mass is 371 g/mol. The van der Waals surface area contributed by atoms with Gasteiger partial charge in [-0.05, 0) is 70.0 Å². The number of piperidine rings is 1. The number of hydrogen-bond acceptors (Lipinski definition) is 5. The molecule has 2 heterocycles. The van der Waals surface area contributed by atoms with Gasteiger partial charge < -0.3 is 20.2 Å². The predicted octanol–water partition coefficient (Wildman–Crippen LogP) is 2.94. The zero-order valence-electron chi connectivity index (χ0n) is 16.4. The maximum atomic E-state index is 6.02. The number of nitrogens with one attached hydrogen (secondary N) is 1. The Bertz CT molecular complexity index is 742. The number of nitrogens with zero attached hydrogens (tertiary/aromatic N) is 3. The summed E-state index contributed by atoms with van der Waals surface area (Å²) in [7, 11) is 1.65. The number of guanidine groups is 1. The number of rotatable bonds is 6. The van der Waals surface area contributed by atoms with Crippen LogP contribution in [0.4, 0.5) is 5.69 Å². The van der Waals surface area contributed by atoms with Gasteiger partial charge in [-0.15, -0.1) is 0 Å². The van der Waals surface area contributed by atoms with E-state index in [9.17, 15) is 0 Å². The number of nitrogens with two attached hydrogens (primary N) is 1. The number of aromatic nitrogens is 1. The topological polar surface area (TPSA) is 88.9 Å². The van der Waals surface area contributed by atoms with Gasteiger partial charge in [-0.25, -0.2) is 4.98 Å². The molecule has 0 unspecified atom stereocenters. The lowest BCUT2D eigenvalue weighted by atomic mass is 9.97. The van der Waals surface area contributed by atoms with Crippen molar-refractivity contribution in [2.45, 2.75) is 33.2 Å². The highest BCUT2D eigenvalue weighted by atomic mass is 16.5. The predicted molar refractivity (Wildman–Crippen MR) is 107 cm³/mol. The maximum absolute atomic E-state index is 6.02. The third kappa shape index (κ3) is 5.47. The van der Waals surface area contributed by atoms with Crippen LogP contribution in [0.2, 0.25) is 0 Å². The first kappa shape index (κ1) is 19.2. The van der Waals surface area contributed by atoms with E-state index in [2.05, 4.69) is 20.2 Å². The molecule has 3 rings (SSSR count). The van der Waals surface area contributed by atoms with Gasteiger partial charge in [0.2, 0.25) is 5.89 Å². The van der Waals surface area contributed by atoms with Crippen LogP contribution in [0.3, 0.4) is 0 Å². The number of hydrogen-bond donors (Lipinski definition) is 2. The van der Waals surface area contributed by atoms with Crippen molar-refractivity contribution in [2.75, 3.05) is 32.1 Å². The second-order valence-corrected chi connectivity index (χ2v) is 7.05. The third-order valence-electron chi connectivity index (χ3n) is 5.02. The van der Waals surface area contributed by atoms with Crippen LogP contribution in [0.1, 0.15) is 30.2 Å². The van der Waals surface area contributed by atoms with Crippen LogP contribution >= 0.6 is 0 Å². The molecule has 2 aromatic rings. The first-order chi connectivity index (χ1) is 13.0. The van der Waals surface area contributed by atoms with Crippen molar-refractivity contribution in [3.05, 3.63) is 41.6 Å².